The van der Waals surface area contributed by atoms with Gasteiger partial charge in [0.15, 0.2) is 0 Å². The summed E-state index contributed by atoms with van der Waals surface area (Å²) in [5.41, 5.74) is -0.308. The van der Waals surface area contributed by atoms with Crippen LogP contribution in [0, 0.1) is 11.7 Å². The van der Waals surface area contributed by atoms with E-state index in [-0.39, 0.29) is 17.8 Å². The molecule has 1 aromatic rings. The highest BCUT2D eigenvalue weighted by atomic mass is 32.2. The van der Waals surface area contributed by atoms with Gasteiger partial charge in [0.2, 0.25) is 10.0 Å². The highest BCUT2D eigenvalue weighted by molar-refractivity contribution is 7.92. The van der Waals surface area contributed by atoms with Crippen LogP contribution in [0.25, 0.3) is 0 Å². The second kappa shape index (κ2) is 6.53. The molecule has 1 aromatic carbocycles. The van der Waals surface area contributed by atoms with Gasteiger partial charge in [0.25, 0.3) is 5.91 Å². The summed E-state index contributed by atoms with van der Waals surface area (Å²) < 4.78 is 37.7. The Balaban J connectivity index is 2.97. The van der Waals surface area contributed by atoms with Gasteiger partial charge in [-0.3, -0.25) is 14.3 Å². The number of halogens is 1. The highest BCUT2D eigenvalue weighted by Crippen LogP contribution is 2.18. The molecule has 0 fully saturated rings. The molecule has 0 aliphatic carbocycles. The quantitative estimate of drug-likeness (QED) is 0.713. The number of hydrogen-bond donors (Lipinski definition) is 3. The minimum Gasteiger partial charge on any atom is -0.481 e. The maximum absolute atomic E-state index is 13.2. The van der Waals surface area contributed by atoms with E-state index < -0.39 is 33.6 Å². The van der Waals surface area contributed by atoms with E-state index in [1.54, 1.807) is 0 Å². The van der Waals surface area contributed by atoms with E-state index in [0.29, 0.717) is 0 Å². The Kier molecular flexibility index (Phi) is 5.25. The number of hydrogen-bond acceptors (Lipinski definition) is 4. The van der Waals surface area contributed by atoms with Crippen LogP contribution in [0.2, 0.25) is 0 Å². The molecule has 1 unspecified atom stereocenters. The average Bonchev–Trinajstić information content (AvgIpc) is 2.35. The largest absolute Gasteiger partial charge is 0.481 e. The molecule has 0 saturated heterocycles. The normalized spacial score (nSPS) is 12.5. The van der Waals surface area contributed by atoms with Crippen molar-refractivity contribution in [1.82, 2.24) is 5.32 Å². The number of amides is 1. The van der Waals surface area contributed by atoms with Gasteiger partial charge < -0.3 is 10.4 Å². The van der Waals surface area contributed by atoms with Gasteiger partial charge in [0.05, 0.1) is 23.4 Å². The van der Waals surface area contributed by atoms with Crippen molar-refractivity contribution in [2.45, 2.75) is 6.92 Å². The van der Waals surface area contributed by atoms with Crippen LogP contribution in [0.15, 0.2) is 18.2 Å². The Bertz CT molecular complexity index is 660. The summed E-state index contributed by atoms with van der Waals surface area (Å²) in [6.45, 7) is 1.23. The van der Waals surface area contributed by atoms with Crippen molar-refractivity contribution in [2.24, 2.45) is 5.92 Å². The summed E-state index contributed by atoms with van der Waals surface area (Å²) in [6.07, 6.45) is 0.893. The van der Waals surface area contributed by atoms with Crippen molar-refractivity contribution < 1.29 is 27.5 Å². The van der Waals surface area contributed by atoms with Crippen molar-refractivity contribution in [3.63, 3.8) is 0 Å². The van der Waals surface area contributed by atoms with E-state index in [2.05, 4.69) is 10.0 Å². The first-order valence-corrected chi connectivity index (χ1v) is 7.77. The SMILES string of the molecule is CC(CNC(=O)c1cc(F)ccc1NS(C)(=O)=O)C(=O)O. The lowest BCUT2D eigenvalue weighted by atomic mass is 10.1. The Morgan fingerprint density at radius 2 is 2.00 bits per heavy atom. The average molecular weight is 318 g/mol. The molecular weight excluding hydrogens is 303 g/mol. The molecule has 1 rings (SSSR count). The predicted molar refractivity (Wildman–Crippen MR) is 74.0 cm³/mol. The van der Waals surface area contributed by atoms with E-state index in [9.17, 15) is 22.4 Å². The lowest BCUT2D eigenvalue weighted by Gasteiger charge is -2.12. The Hall–Kier alpha value is -2.16. The van der Waals surface area contributed by atoms with Crippen LogP contribution >= 0.6 is 0 Å². The molecule has 7 nitrogen and oxygen atoms in total. The first-order chi connectivity index (χ1) is 9.60. The van der Waals surface area contributed by atoms with Gasteiger partial charge in [-0.2, -0.15) is 0 Å². The van der Waals surface area contributed by atoms with Gasteiger partial charge in [-0.05, 0) is 18.2 Å². The third kappa shape index (κ3) is 5.38. The number of carboxylic acids is 1. The fourth-order valence-corrected chi connectivity index (χ4v) is 2.00. The lowest BCUT2D eigenvalue weighted by molar-refractivity contribution is -0.140. The molecule has 3 N–H and O–H groups in total. The van der Waals surface area contributed by atoms with Gasteiger partial charge in [-0.1, -0.05) is 6.92 Å². The fourth-order valence-electron chi connectivity index (χ4n) is 1.42. The number of nitrogens with one attached hydrogen (secondary N) is 2. The van der Waals surface area contributed by atoms with Crippen molar-refractivity contribution in [3.05, 3.63) is 29.6 Å². The Morgan fingerprint density at radius 1 is 1.38 bits per heavy atom. The van der Waals surface area contributed by atoms with Crippen LogP contribution in [-0.4, -0.2) is 38.2 Å². The number of sulfonamides is 1. The van der Waals surface area contributed by atoms with Crippen LogP contribution in [0.3, 0.4) is 0 Å². The molecule has 0 heterocycles. The van der Waals surface area contributed by atoms with Gasteiger partial charge in [0, 0.05) is 6.54 Å². The van der Waals surface area contributed by atoms with Gasteiger partial charge >= 0.3 is 5.97 Å². The smallest absolute Gasteiger partial charge is 0.308 e. The van der Waals surface area contributed by atoms with Gasteiger partial charge in [0.1, 0.15) is 5.82 Å². The van der Waals surface area contributed by atoms with E-state index in [4.69, 9.17) is 5.11 Å². The molecule has 21 heavy (non-hydrogen) atoms. The number of carboxylic acid groups (broad SMARTS) is 1. The molecular formula is C12H15FN2O5S. The number of carbonyl (C=O) groups is 2. The molecule has 0 radical (unpaired) electrons. The summed E-state index contributed by atoms with van der Waals surface area (Å²) in [4.78, 5) is 22.6. The first-order valence-electron chi connectivity index (χ1n) is 5.88. The van der Waals surface area contributed by atoms with E-state index in [1.165, 1.54) is 6.92 Å². The highest BCUT2D eigenvalue weighted by Gasteiger charge is 2.17. The maximum Gasteiger partial charge on any atom is 0.308 e. The molecule has 0 spiro atoms. The van der Waals surface area contributed by atoms with Crippen molar-refractivity contribution >= 4 is 27.6 Å². The molecule has 0 aliphatic rings. The maximum atomic E-state index is 13.2. The van der Waals surface area contributed by atoms with E-state index in [0.717, 1.165) is 24.5 Å². The number of aliphatic carboxylic acids is 1. The van der Waals surface area contributed by atoms with Crippen LogP contribution < -0.4 is 10.0 Å². The second-order valence-corrected chi connectivity index (χ2v) is 6.26. The summed E-state index contributed by atoms with van der Waals surface area (Å²) in [5.74, 6) is -3.41. The Labute approximate surface area is 121 Å². The standard InChI is InChI=1S/C12H15FN2O5S/c1-7(12(17)18)6-14-11(16)9-5-8(13)3-4-10(9)15-21(2,19)20/h3-5,7,15H,6H2,1-2H3,(H,14,16)(H,17,18). The number of anilines is 1. The molecule has 1 amide bonds. The van der Waals surface area contributed by atoms with Gasteiger partial charge in [-0.15, -0.1) is 0 Å². The zero-order chi connectivity index (χ0) is 16.2. The summed E-state index contributed by atoms with van der Waals surface area (Å²) >= 11 is 0. The zero-order valence-corrected chi connectivity index (χ0v) is 12.2. The third-order valence-electron chi connectivity index (χ3n) is 2.51. The number of benzene rings is 1. The Morgan fingerprint density at radius 3 is 2.52 bits per heavy atom. The van der Waals surface area contributed by atoms with Crippen LogP contribution in [0.4, 0.5) is 10.1 Å². The third-order valence-corrected chi connectivity index (χ3v) is 3.10. The van der Waals surface area contributed by atoms with Crippen LogP contribution in [-0.2, 0) is 14.8 Å². The molecule has 1 atom stereocenters. The second-order valence-electron chi connectivity index (χ2n) is 4.51. The summed E-state index contributed by atoms with van der Waals surface area (Å²) in [6, 6.07) is 2.99. The monoisotopic (exact) mass is 318 g/mol. The molecule has 0 saturated carbocycles. The van der Waals surface area contributed by atoms with Crippen molar-refractivity contribution in [2.75, 3.05) is 17.5 Å². The van der Waals surface area contributed by atoms with Crippen molar-refractivity contribution in [3.8, 4) is 0 Å². The molecule has 0 bridgehead atoms. The van der Waals surface area contributed by atoms with E-state index >= 15 is 0 Å². The molecule has 9 heteroatoms. The minimum absolute atomic E-state index is 0.0839. The van der Waals surface area contributed by atoms with Crippen molar-refractivity contribution in [1.29, 1.82) is 0 Å². The summed E-state index contributed by atoms with van der Waals surface area (Å²) in [5, 5.41) is 11.0. The zero-order valence-electron chi connectivity index (χ0n) is 11.4. The predicted octanol–water partition coefficient (Wildman–Crippen LogP) is 0.648. The summed E-state index contributed by atoms with van der Waals surface area (Å²) in [7, 11) is -3.64. The topological polar surface area (TPSA) is 113 Å². The van der Waals surface area contributed by atoms with Gasteiger partial charge in [-0.25, -0.2) is 12.8 Å². The number of rotatable bonds is 6. The molecule has 116 valence electrons. The first kappa shape index (κ1) is 16.9. The lowest BCUT2D eigenvalue weighted by Crippen LogP contribution is -2.32. The molecule has 0 aliphatic heterocycles. The fraction of sp³-hybridized carbons (Fsp3) is 0.333. The molecule has 0 aromatic heterocycles. The van der Waals surface area contributed by atoms with E-state index in [1.807, 2.05) is 0 Å². The van der Waals surface area contributed by atoms with Crippen LogP contribution in [0.1, 0.15) is 17.3 Å². The minimum atomic E-state index is -3.64. The van der Waals surface area contributed by atoms with Crippen LogP contribution in [0.5, 0.6) is 0 Å². The number of carbonyl (C=O) groups excluding carboxylic acids is 1.